The Labute approximate surface area is 219 Å². The zero-order valence-corrected chi connectivity index (χ0v) is 21.5. The van der Waals surface area contributed by atoms with Crippen molar-refractivity contribution < 1.29 is 9.18 Å². The molecule has 0 bridgehead atoms. The van der Waals surface area contributed by atoms with Gasteiger partial charge in [-0.05, 0) is 85.9 Å². The Hall–Kier alpha value is -2.31. The summed E-state index contributed by atoms with van der Waals surface area (Å²) in [6.07, 6.45) is 2.03. The molecule has 3 aromatic carbocycles. The SMILES string of the molecule is CCN1CCC(c2cc(-c3ccc(F)cc3Cl)c3c(c2)N(c2c(Cl)cccc2Cl)C(=O)NC3)CC1. The topological polar surface area (TPSA) is 35.6 Å². The molecule has 2 aliphatic heterocycles. The number of rotatable bonds is 4. The molecule has 1 fully saturated rings. The van der Waals surface area contributed by atoms with Crippen molar-refractivity contribution in [2.24, 2.45) is 0 Å². The molecule has 5 rings (SSSR count). The van der Waals surface area contributed by atoms with Crippen molar-refractivity contribution in [3.8, 4) is 11.1 Å². The van der Waals surface area contributed by atoms with E-state index in [4.69, 9.17) is 34.8 Å². The van der Waals surface area contributed by atoms with E-state index in [1.54, 1.807) is 29.2 Å². The minimum absolute atomic E-state index is 0.304. The monoisotopic (exact) mass is 531 g/mol. The molecule has 0 radical (unpaired) electrons. The third-order valence-corrected chi connectivity index (χ3v) is 7.92. The van der Waals surface area contributed by atoms with Gasteiger partial charge in [0.1, 0.15) is 5.82 Å². The molecule has 8 heteroatoms. The van der Waals surface area contributed by atoms with Crippen LogP contribution in [0.5, 0.6) is 0 Å². The fourth-order valence-electron chi connectivity index (χ4n) is 5.11. The molecule has 2 amide bonds. The van der Waals surface area contributed by atoms with Crippen molar-refractivity contribution in [2.45, 2.75) is 32.2 Å². The maximum Gasteiger partial charge on any atom is 0.326 e. The molecule has 0 aliphatic carbocycles. The van der Waals surface area contributed by atoms with Crippen LogP contribution in [-0.2, 0) is 6.54 Å². The lowest BCUT2D eigenvalue weighted by molar-refractivity contribution is 0.222. The second kappa shape index (κ2) is 9.98. The van der Waals surface area contributed by atoms with Crippen LogP contribution in [0.25, 0.3) is 11.1 Å². The smallest absolute Gasteiger partial charge is 0.326 e. The van der Waals surface area contributed by atoms with Crippen LogP contribution in [0, 0.1) is 5.82 Å². The van der Waals surface area contributed by atoms with Crippen LogP contribution in [0.4, 0.5) is 20.6 Å². The van der Waals surface area contributed by atoms with E-state index in [1.807, 2.05) is 0 Å². The normalized spacial score (nSPS) is 16.8. The predicted molar refractivity (Wildman–Crippen MR) is 142 cm³/mol. The van der Waals surface area contributed by atoms with Gasteiger partial charge < -0.3 is 10.2 Å². The first kappa shape index (κ1) is 24.4. The molecule has 0 unspecified atom stereocenters. The molecule has 4 nitrogen and oxygen atoms in total. The Morgan fingerprint density at radius 2 is 1.69 bits per heavy atom. The third kappa shape index (κ3) is 4.63. The van der Waals surface area contributed by atoms with E-state index in [-0.39, 0.29) is 6.03 Å². The molecule has 0 spiro atoms. The van der Waals surface area contributed by atoms with Crippen molar-refractivity contribution in [2.75, 3.05) is 24.5 Å². The van der Waals surface area contributed by atoms with E-state index in [0.29, 0.717) is 33.2 Å². The van der Waals surface area contributed by atoms with Crippen molar-refractivity contribution in [3.05, 3.63) is 80.5 Å². The minimum Gasteiger partial charge on any atom is -0.333 e. The van der Waals surface area contributed by atoms with Crippen LogP contribution in [0.15, 0.2) is 48.5 Å². The summed E-state index contributed by atoms with van der Waals surface area (Å²) in [5, 5.41) is 4.02. The molecule has 182 valence electrons. The number of para-hydroxylation sites is 1. The number of carbonyl (C=O) groups is 1. The molecule has 0 atom stereocenters. The number of fused-ring (bicyclic) bond motifs is 1. The van der Waals surface area contributed by atoms with Gasteiger partial charge in [0.25, 0.3) is 0 Å². The van der Waals surface area contributed by atoms with Gasteiger partial charge >= 0.3 is 6.03 Å². The van der Waals surface area contributed by atoms with Crippen LogP contribution < -0.4 is 10.2 Å². The van der Waals surface area contributed by atoms with Gasteiger partial charge in [-0.1, -0.05) is 53.9 Å². The molecule has 3 aromatic rings. The first-order chi connectivity index (χ1) is 16.9. The highest BCUT2D eigenvalue weighted by Crippen LogP contribution is 2.46. The van der Waals surface area contributed by atoms with Crippen LogP contribution in [-0.4, -0.2) is 30.6 Å². The van der Waals surface area contributed by atoms with Gasteiger partial charge in [0, 0.05) is 17.7 Å². The van der Waals surface area contributed by atoms with Crippen molar-refractivity contribution in [3.63, 3.8) is 0 Å². The van der Waals surface area contributed by atoms with E-state index in [9.17, 15) is 9.18 Å². The quantitative estimate of drug-likeness (QED) is 0.369. The average Bonchev–Trinajstić information content (AvgIpc) is 2.84. The lowest BCUT2D eigenvalue weighted by atomic mass is 9.85. The fourth-order valence-corrected chi connectivity index (χ4v) is 5.94. The fraction of sp³-hybridized carbons (Fsp3) is 0.296. The predicted octanol–water partition coefficient (Wildman–Crippen LogP) is 8.01. The van der Waals surface area contributed by atoms with Gasteiger partial charge in [-0.15, -0.1) is 0 Å². The summed E-state index contributed by atoms with van der Waals surface area (Å²) in [6, 6.07) is 13.5. The first-order valence-corrected chi connectivity index (χ1v) is 12.9. The number of nitrogens with one attached hydrogen (secondary N) is 1. The Morgan fingerprint density at radius 3 is 2.34 bits per heavy atom. The number of benzene rings is 3. The van der Waals surface area contributed by atoms with Crippen molar-refractivity contribution >= 4 is 52.2 Å². The zero-order chi connectivity index (χ0) is 24.7. The summed E-state index contributed by atoms with van der Waals surface area (Å²) in [6.45, 7) is 5.56. The Bertz CT molecular complexity index is 1270. The van der Waals surface area contributed by atoms with Crippen LogP contribution in [0.1, 0.15) is 36.8 Å². The molecule has 0 saturated carbocycles. The Morgan fingerprint density at radius 1 is 0.971 bits per heavy atom. The molecule has 35 heavy (non-hydrogen) atoms. The second-order valence-corrected chi connectivity index (χ2v) is 10.2. The number of nitrogens with zero attached hydrogens (tertiary/aromatic N) is 2. The van der Waals surface area contributed by atoms with Gasteiger partial charge in [0.2, 0.25) is 0 Å². The largest absolute Gasteiger partial charge is 0.333 e. The number of amides is 2. The summed E-state index contributed by atoms with van der Waals surface area (Å²) in [5.74, 6) is -0.0666. The first-order valence-electron chi connectivity index (χ1n) is 11.7. The summed E-state index contributed by atoms with van der Waals surface area (Å²) in [5.41, 5.74) is 4.74. The molecule has 2 heterocycles. The van der Waals surface area contributed by atoms with Gasteiger partial charge in [-0.25, -0.2) is 9.18 Å². The lowest BCUT2D eigenvalue weighted by Gasteiger charge is -2.35. The number of urea groups is 1. The van der Waals surface area contributed by atoms with E-state index in [0.717, 1.165) is 60.4 Å². The molecule has 2 aliphatic rings. The van der Waals surface area contributed by atoms with Crippen LogP contribution in [0.2, 0.25) is 15.1 Å². The van der Waals surface area contributed by atoms with E-state index >= 15 is 0 Å². The zero-order valence-electron chi connectivity index (χ0n) is 19.3. The summed E-state index contributed by atoms with van der Waals surface area (Å²) in [7, 11) is 0. The molecule has 0 aromatic heterocycles. The van der Waals surface area contributed by atoms with E-state index < -0.39 is 5.82 Å². The summed E-state index contributed by atoms with van der Waals surface area (Å²) >= 11 is 19.6. The number of hydrogen-bond donors (Lipinski definition) is 1. The van der Waals surface area contributed by atoms with Crippen molar-refractivity contribution in [1.29, 1.82) is 0 Å². The highest BCUT2D eigenvalue weighted by atomic mass is 35.5. The maximum absolute atomic E-state index is 13.9. The molecule has 1 saturated heterocycles. The minimum atomic E-state index is -0.395. The number of likely N-dealkylation sites (tertiary alicyclic amines) is 1. The molecular formula is C27H25Cl3FN3O. The number of carbonyl (C=O) groups excluding carboxylic acids is 1. The molecular weight excluding hydrogens is 508 g/mol. The highest BCUT2D eigenvalue weighted by Gasteiger charge is 2.32. The van der Waals surface area contributed by atoms with Crippen LogP contribution in [0.3, 0.4) is 0 Å². The number of anilines is 2. The lowest BCUT2D eigenvalue weighted by Crippen LogP contribution is -2.42. The average molecular weight is 533 g/mol. The second-order valence-electron chi connectivity index (χ2n) is 8.96. The van der Waals surface area contributed by atoms with Gasteiger partial charge in [-0.2, -0.15) is 0 Å². The van der Waals surface area contributed by atoms with Crippen LogP contribution >= 0.6 is 34.8 Å². The van der Waals surface area contributed by atoms with Gasteiger partial charge in [-0.3, -0.25) is 4.90 Å². The maximum atomic E-state index is 13.9. The number of halogens is 4. The van der Waals surface area contributed by atoms with E-state index in [1.165, 1.54) is 12.1 Å². The Kier molecular flexibility index (Phi) is 6.95. The van der Waals surface area contributed by atoms with Gasteiger partial charge in [0.05, 0.1) is 26.4 Å². The standard InChI is InChI=1S/C27H25Cl3FN3O/c1-2-33-10-8-16(9-11-33)17-12-20(19-7-6-18(31)14-24(19)30)21-15-32-27(35)34(25(21)13-17)26-22(28)4-3-5-23(26)29/h3-7,12-14,16H,2,8-11,15H2,1H3,(H,32,35). The number of piperidine rings is 1. The van der Waals surface area contributed by atoms with E-state index in [2.05, 4.69) is 29.3 Å². The van der Waals surface area contributed by atoms with Gasteiger partial charge in [0.15, 0.2) is 0 Å². The highest BCUT2D eigenvalue weighted by molar-refractivity contribution is 6.40. The summed E-state index contributed by atoms with van der Waals surface area (Å²) < 4.78 is 13.9. The summed E-state index contributed by atoms with van der Waals surface area (Å²) in [4.78, 5) is 17.2. The Balaban J connectivity index is 1.72. The van der Waals surface area contributed by atoms with Crippen molar-refractivity contribution in [1.82, 2.24) is 10.2 Å². The third-order valence-electron chi connectivity index (χ3n) is 7.00. The molecule has 1 N–H and O–H groups in total. The number of hydrogen-bond acceptors (Lipinski definition) is 2.